The average Bonchev–Trinajstić information content (AvgIpc) is 3.20. The number of carbonyl (C=O) groups is 1. The molecule has 26 heavy (non-hydrogen) atoms. The molecule has 3 aromatic rings. The summed E-state index contributed by atoms with van der Waals surface area (Å²) in [6.07, 6.45) is 3.21. The molecule has 0 fully saturated rings. The number of aromatic nitrogens is 3. The highest BCUT2D eigenvalue weighted by Gasteiger charge is 2.21. The normalized spacial score (nSPS) is 11.6. The summed E-state index contributed by atoms with van der Waals surface area (Å²) in [6.45, 7) is 0.412. The van der Waals surface area contributed by atoms with E-state index in [1.54, 1.807) is 35.4 Å². The van der Waals surface area contributed by atoms with Gasteiger partial charge in [-0.05, 0) is 17.7 Å². The first-order valence-electron chi connectivity index (χ1n) is 8.14. The van der Waals surface area contributed by atoms with Crippen LogP contribution in [0.1, 0.15) is 22.0 Å². The third-order valence-corrected chi connectivity index (χ3v) is 3.97. The van der Waals surface area contributed by atoms with Gasteiger partial charge < -0.3 is 14.8 Å². The highest BCUT2D eigenvalue weighted by molar-refractivity contribution is 5.98. The Hall–Kier alpha value is -3.35. The Morgan fingerprint density at radius 1 is 1.04 bits per heavy atom. The molecule has 7 heteroatoms. The first-order chi connectivity index (χ1) is 12.7. The van der Waals surface area contributed by atoms with Crippen molar-refractivity contribution in [2.75, 3.05) is 14.2 Å². The van der Waals surface area contributed by atoms with Crippen LogP contribution in [0.25, 0.3) is 0 Å². The number of benzene rings is 2. The van der Waals surface area contributed by atoms with Crippen molar-refractivity contribution >= 4 is 5.91 Å². The molecule has 3 rings (SSSR count). The van der Waals surface area contributed by atoms with E-state index in [4.69, 9.17) is 9.47 Å². The summed E-state index contributed by atoms with van der Waals surface area (Å²) in [5.74, 6) is 0.642. The van der Waals surface area contributed by atoms with Crippen LogP contribution in [0.2, 0.25) is 0 Å². The van der Waals surface area contributed by atoms with Crippen molar-refractivity contribution in [2.24, 2.45) is 0 Å². The second-order valence-electron chi connectivity index (χ2n) is 5.56. The van der Waals surface area contributed by atoms with E-state index in [0.717, 1.165) is 5.56 Å². The lowest BCUT2D eigenvalue weighted by molar-refractivity contribution is 0.0927. The zero-order valence-electron chi connectivity index (χ0n) is 14.6. The van der Waals surface area contributed by atoms with Crippen LogP contribution in [0, 0.1) is 0 Å². The van der Waals surface area contributed by atoms with Crippen LogP contribution in [0.5, 0.6) is 11.5 Å². The molecule has 0 aliphatic heterocycles. The summed E-state index contributed by atoms with van der Waals surface area (Å²) in [7, 11) is 3.05. The van der Waals surface area contributed by atoms with Gasteiger partial charge in [0.1, 0.15) is 0 Å². The highest BCUT2D eigenvalue weighted by atomic mass is 16.5. The van der Waals surface area contributed by atoms with Crippen LogP contribution in [0.3, 0.4) is 0 Å². The van der Waals surface area contributed by atoms with Crippen LogP contribution >= 0.6 is 0 Å². The molecule has 2 aromatic carbocycles. The van der Waals surface area contributed by atoms with Crippen molar-refractivity contribution in [1.29, 1.82) is 0 Å². The van der Waals surface area contributed by atoms with E-state index in [2.05, 4.69) is 15.5 Å². The zero-order valence-corrected chi connectivity index (χ0v) is 14.6. The van der Waals surface area contributed by atoms with Crippen molar-refractivity contribution in [3.05, 3.63) is 72.1 Å². The number of ether oxygens (including phenoxy) is 2. The summed E-state index contributed by atoms with van der Waals surface area (Å²) >= 11 is 0. The third kappa shape index (κ3) is 3.83. The maximum Gasteiger partial charge on any atom is 0.255 e. The molecule has 1 aromatic heterocycles. The van der Waals surface area contributed by atoms with Crippen LogP contribution < -0.4 is 14.8 Å². The van der Waals surface area contributed by atoms with Gasteiger partial charge in [0.2, 0.25) is 0 Å². The van der Waals surface area contributed by atoms with E-state index in [1.807, 2.05) is 30.3 Å². The first-order valence-corrected chi connectivity index (χ1v) is 8.14. The smallest absolute Gasteiger partial charge is 0.255 e. The lowest BCUT2D eigenvalue weighted by atomic mass is 10.1. The summed E-state index contributed by atoms with van der Waals surface area (Å²) in [5.41, 5.74) is 1.36. The molecular weight excluding hydrogens is 332 g/mol. The molecule has 0 radical (unpaired) electrons. The summed E-state index contributed by atoms with van der Waals surface area (Å²) in [5, 5.41) is 11.3. The summed E-state index contributed by atoms with van der Waals surface area (Å²) in [4.78, 5) is 14.5. The van der Waals surface area contributed by atoms with Gasteiger partial charge in [-0.15, -0.1) is 0 Å². The minimum absolute atomic E-state index is 0.262. The SMILES string of the molecule is COc1cccc(C(=O)NC(Cn2nccn2)c2ccccc2)c1OC. The molecular formula is C19H20N4O3. The van der Waals surface area contributed by atoms with Gasteiger partial charge in [0.05, 0.1) is 44.8 Å². The predicted molar refractivity (Wildman–Crippen MR) is 96.2 cm³/mol. The van der Waals surface area contributed by atoms with Gasteiger partial charge in [-0.3, -0.25) is 4.79 Å². The number of nitrogens with zero attached hydrogens (tertiary/aromatic N) is 3. The maximum absolute atomic E-state index is 12.9. The summed E-state index contributed by atoms with van der Waals surface area (Å²) < 4.78 is 10.6. The van der Waals surface area contributed by atoms with Crippen LogP contribution in [-0.2, 0) is 6.54 Å². The fraction of sp³-hybridized carbons (Fsp3) is 0.211. The second-order valence-corrected chi connectivity index (χ2v) is 5.56. The van der Waals surface area contributed by atoms with Crippen molar-refractivity contribution < 1.29 is 14.3 Å². The quantitative estimate of drug-likeness (QED) is 0.707. The molecule has 1 amide bonds. The Balaban J connectivity index is 1.88. The van der Waals surface area contributed by atoms with Gasteiger partial charge in [-0.25, -0.2) is 0 Å². The zero-order chi connectivity index (χ0) is 18.4. The Bertz CT molecular complexity index is 850. The maximum atomic E-state index is 12.9. The topological polar surface area (TPSA) is 78.3 Å². The van der Waals surface area contributed by atoms with Crippen molar-refractivity contribution in [3.63, 3.8) is 0 Å². The number of methoxy groups -OCH3 is 2. The Kier molecular flexibility index (Phi) is 5.48. The molecule has 0 aliphatic carbocycles. The van der Waals surface area contributed by atoms with Crippen molar-refractivity contribution in [2.45, 2.75) is 12.6 Å². The predicted octanol–water partition coefficient (Wildman–Crippen LogP) is 2.47. The average molecular weight is 352 g/mol. The molecule has 1 atom stereocenters. The van der Waals surface area contributed by atoms with E-state index in [1.165, 1.54) is 14.2 Å². The van der Waals surface area contributed by atoms with Gasteiger partial charge in [-0.1, -0.05) is 36.4 Å². The number of rotatable bonds is 7. The molecule has 0 saturated heterocycles. The van der Waals surface area contributed by atoms with Crippen LogP contribution in [-0.4, -0.2) is 35.1 Å². The number of hydrogen-bond donors (Lipinski definition) is 1. The van der Waals surface area contributed by atoms with E-state index in [-0.39, 0.29) is 11.9 Å². The number of nitrogens with one attached hydrogen (secondary N) is 1. The van der Waals surface area contributed by atoms with Crippen LogP contribution in [0.15, 0.2) is 60.9 Å². The number of amides is 1. The van der Waals surface area contributed by atoms with E-state index in [0.29, 0.717) is 23.6 Å². The van der Waals surface area contributed by atoms with Gasteiger partial charge in [0, 0.05) is 0 Å². The van der Waals surface area contributed by atoms with Gasteiger partial charge >= 0.3 is 0 Å². The molecule has 134 valence electrons. The molecule has 1 heterocycles. The lowest BCUT2D eigenvalue weighted by Crippen LogP contribution is -2.32. The lowest BCUT2D eigenvalue weighted by Gasteiger charge is -2.20. The Labute approximate surface area is 151 Å². The van der Waals surface area contributed by atoms with Gasteiger partial charge in [0.25, 0.3) is 5.91 Å². The van der Waals surface area contributed by atoms with Crippen molar-refractivity contribution in [1.82, 2.24) is 20.3 Å². The Morgan fingerprint density at radius 2 is 1.77 bits per heavy atom. The largest absolute Gasteiger partial charge is 0.493 e. The van der Waals surface area contributed by atoms with Gasteiger partial charge in [0.15, 0.2) is 11.5 Å². The number of hydrogen-bond acceptors (Lipinski definition) is 5. The van der Waals surface area contributed by atoms with Gasteiger partial charge in [-0.2, -0.15) is 15.0 Å². The molecule has 7 nitrogen and oxygen atoms in total. The monoisotopic (exact) mass is 352 g/mol. The molecule has 0 aliphatic rings. The van der Waals surface area contributed by atoms with Crippen LogP contribution in [0.4, 0.5) is 0 Å². The molecule has 1 N–H and O–H groups in total. The summed E-state index contributed by atoms with van der Waals surface area (Å²) in [6, 6.07) is 14.6. The molecule has 1 unspecified atom stereocenters. The van der Waals surface area contributed by atoms with Crippen molar-refractivity contribution in [3.8, 4) is 11.5 Å². The third-order valence-electron chi connectivity index (χ3n) is 3.97. The number of para-hydroxylation sites is 1. The standard InChI is InChI=1S/C19H20N4O3/c1-25-17-10-6-9-15(18(17)26-2)19(24)22-16(13-23-20-11-12-21-23)14-7-4-3-5-8-14/h3-12,16H,13H2,1-2H3,(H,22,24). The van der Waals surface area contributed by atoms with E-state index in [9.17, 15) is 4.79 Å². The Morgan fingerprint density at radius 3 is 2.42 bits per heavy atom. The van der Waals surface area contributed by atoms with E-state index >= 15 is 0 Å². The fourth-order valence-electron chi connectivity index (χ4n) is 2.72. The second kappa shape index (κ2) is 8.15. The van der Waals surface area contributed by atoms with E-state index < -0.39 is 0 Å². The highest BCUT2D eigenvalue weighted by Crippen LogP contribution is 2.31. The molecule has 0 spiro atoms. The first kappa shape index (κ1) is 17.5. The minimum Gasteiger partial charge on any atom is -0.493 e. The minimum atomic E-state index is -0.299. The molecule has 0 saturated carbocycles. The molecule has 0 bridgehead atoms. The fourth-order valence-corrected chi connectivity index (χ4v) is 2.72. The number of carbonyl (C=O) groups excluding carboxylic acids is 1.